The molecule has 0 amide bonds. The maximum absolute atomic E-state index is 10.4. The van der Waals surface area contributed by atoms with E-state index in [1.165, 1.54) is 6.92 Å². The van der Waals surface area contributed by atoms with Crippen molar-refractivity contribution in [2.24, 2.45) is 0 Å². The maximum atomic E-state index is 10.4. The van der Waals surface area contributed by atoms with Gasteiger partial charge < -0.3 is 14.6 Å². The molecule has 1 saturated heterocycles. The third-order valence-corrected chi connectivity index (χ3v) is 2.18. The molecule has 1 fully saturated rings. The first kappa shape index (κ1) is 10.5. The Morgan fingerprint density at radius 1 is 1.77 bits per heavy atom. The summed E-state index contributed by atoms with van der Waals surface area (Å²) in [5.41, 5.74) is 0. The average molecular weight is 188 g/mol. The van der Waals surface area contributed by atoms with Gasteiger partial charge in [0.25, 0.3) is 0 Å². The van der Waals surface area contributed by atoms with Crippen molar-refractivity contribution in [3.63, 3.8) is 0 Å². The molecule has 0 aliphatic carbocycles. The van der Waals surface area contributed by atoms with Crippen LogP contribution < -0.4 is 0 Å². The number of ether oxygens (including phenoxy) is 2. The van der Waals surface area contributed by atoms with E-state index < -0.39 is 12.1 Å². The van der Waals surface area contributed by atoms with E-state index in [4.69, 9.17) is 14.6 Å². The van der Waals surface area contributed by atoms with Gasteiger partial charge in [-0.05, 0) is 26.2 Å². The fraction of sp³-hybridized carbons (Fsp3) is 0.889. The number of carbonyl (C=O) groups is 1. The second kappa shape index (κ2) is 5.19. The van der Waals surface area contributed by atoms with E-state index in [2.05, 4.69) is 0 Å². The Balaban J connectivity index is 2.02. The van der Waals surface area contributed by atoms with Crippen LogP contribution in [0.15, 0.2) is 0 Å². The molecule has 76 valence electrons. The van der Waals surface area contributed by atoms with Crippen molar-refractivity contribution >= 4 is 5.97 Å². The predicted octanol–water partition coefficient (Wildman–Crippen LogP) is 1.05. The predicted molar refractivity (Wildman–Crippen MR) is 46.6 cm³/mol. The van der Waals surface area contributed by atoms with Crippen molar-refractivity contribution in [1.29, 1.82) is 0 Å². The summed E-state index contributed by atoms with van der Waals surface area (Å²) in [4.78, 5) is 10.4. The quantitative estimate of drug-likeness (QED) is 0.700. The van der Waals surface area contributed by atoms with Crippen LogP contribution in [0, 0.1) is 0 Å². The van der Waals surface area contributed by atoms with Gasteiger partial charge >= 0.3 is 5.97 Å². The molecule has 1 N–H and O–H groups in total. The Hall–Kier alpha value is -0.610. The van der Waals surface area contributed by atoms with Crippen molar-refractivity contribution in [1.82, 2.24) is 0 Å². The minimum absolute atomic E-state index is 0.279. The Morgan fingerprint density at radius 2 is 2.54 bits per heavy atom. The van der Waals surface area contributed by atoms with Gasteiger partial charge in [-0.1, -0.05) is 0 Å². The first-order chi connectivity index (χ1) is 6.20. The fourth-order valence-electron chi connectivity index (χ4n) is 1.32. The minimum atomic E-state index is -0.910. The molecule has 4 nitrogen and oxygen atoms in total. The van der Waals surface area contributed by atoms with E-state index in [-0.39, 0.29) is 6.10 Å². The molecule has 2 atom stereocenters. The second-order valence-electron chi connectivity index (χ2n) is 3.27. The topological polar surface area (TPSA) is 55.8 Å². The Labute approximate surface area is 77.8 Å². The molecule has 0 spiro atoms. The van der Waals surface area contributed by atoms with Crippen molar-refractivity contribution in [3.8, 4) is 0 Å². The Kier molecular flexibility index (Phi) is 4.18. The van der Waals surface area contributed by atoms with Gasteiger partial charge in [0.2, 0.25) is 0 Å². The summed E-state index contributed by atoms with van der Waals surface area (Å²) < 4.78 is 10.5. The van der Waals surface area contributed by atoms with Crippen LogP contribution in [-0.4, -0.2) is 36.5 Å². The van der Waals surface area contributed by atoms with Crippen molar-refractivity contribution in [2.45, 2.75) is 38.4 Å². The lowest BCUT2D eigenvalue weighted by molar-refractivity contribution is -0.149. The first-order valence-corrected chi connectivity index (χ1v) is 4.66. The molecular weight excluding hydrogens is 172 g/mol. The lowest BCUT2D eigenvalue weighted by Crippen LogP contribution is -2.22. The van der Waals surface area contributed by atoms with Crippen LogP contribution in [0.4, 0.5) is 0 Å². The molecular formula is C9H16O4. The molecule has 0 bridgehead atoms. The summed E-state index contributed by atoms with van der Waals surface area (Å²) in [5.74, 6) is -0.910. The van der Waals surface area contributed by atoms with Crippen LogP contribution in [0.5, 0.6) is 0 Å². The second-order valence-corrected chi connectivity index (χ2v) is 3.27. The lowest BCUT2D eigenvalue weighted by Gasteiger charge is -2.11. The third-order valence-electron chi connectivity index (χ3n) is 2.18. The van der Waals surface area contributed by atoms with Crippen LogP contribution in [0.3, 0.4) is 0 Å². The van der Waals surface area contributed by atoms with Crippen LogP contribution in [0.1, 0.15) is 26.2 Å². The number of carboxylic acid groups (broad SMARTS) is 1. The SMILES string of the molecule is C[C@H](OCCC1CCCO1)C(=O)O. The zero-order chi connectivity index (χ0) is 9.68. The summed E-state index contributed by atoms with van der Waals surface area (Å²) in [6.07, 6.45) is 2.56. The molecule has 0 radical (unpaired) electrons. The molecule has 1 aliphatic rings. The van der Waals surface area contributed by atoms with Crippen molar-refractivity contribution in [3.05, 3.63) is 0 Å². The molecule has 4 heteroatoms. The number of rotatable bonds is 5. The molecule has 0 saturated carbocycles. The van der Waals surface area contributed by atoms with Crippen molar-refractivity contribution < 1.29 is 19.4 Å². The van der Waals surface area contributed by atoms with E-state index in [9.17, 15) is 4.79 Å². The number of hydrogen-bond acceptors (Lipinski definition) is 3. The average Bonchev–Trinajstić information content (AvgIpc) is 2.56. The molecule has 13 heavy (non-hydrogen) atoms. The molecule has 1 unspecified atom stereocenters. The number of hydrogen-bond donors (Lipinski definition) is 1. The third kappa shape index (κ3) is 3.74. The molecule has 1 rings (SSSR count). The van der Waals surface area contributed by atoms with Gasteiger partial charge in [-0.25, -0.2) is 4.79 Å². The highest BCUT2D eigenvalue weighted by Crippen LogP contribution is 2.15. The van der Waals surface area contributed by atoms with Gasteiger partial charge in [0.1, 0.15) is 0 Å². The zero-order valence-electron chi connectivity index (χ0n) is 7.86. The first-order valence-electron chi connectivity index (χ1n) is 4.66. The lowest BCUT2D eigenvalue weighted by atomic mass is 10.2. The summed E-state index contributed by atoms with van der Waals surface area (Å²) >= 11 is 0. The minimum Gasteiger partial charge on any atom is -0.479 e. The smallest absolute Gasteiger partial charge is 0.332 e. The summed E-state index contributed by atoms with van der Waals surface area (Å²) in [6.45, 7) is 2.84. The number of aliphatic carboxylic acids is 1. The van der Waals surface area contributed by atoms with Gasteiger partial charge in [0, 0.05) is 6.61 Å². The van der Waals surface area contributed by atoms with E-state index in [1.807, 2.05) is 0 Å². The molecule has 0 aromatic rings. The van der Waals surface area contributed by atoms with Gasteiger partial charge in [-0.15, -0.1) is 0 Å². The highest BCUT2D eigenvalue weighted by molar-refractivity contribution is 5.71. The zero-order valence-corrected chi connectivity index (χ0v) is 7.86. The van der Waals surface area contributed by atoms with E-state index in [0.29, 0.717) is 6.61 Å². The fourth-order valence-corrected chi connectivity index (χ4v) is 1.32. The summed E-state index contributed by atoms with van der Waals surface area (Å²) in [6, 6.07) is 0. The van der Waals surface area contributed by atoms with Crippen LogP contribution in [0.25, 0.3) is 0 Å². The van der Waals surface area contributed by atoms with Gasteiger partial charge in [-0.3, -0.25) is 0 Å². The molecule has 1 heterocycles. The number of carboxylic acids is 1. The highest BCUT2D eigenvalue weighted by Gasteiger charge is 2.16. The largest absolute Gasteiger partial charge is 0.479 e. The summed E-state index contributed by atoms with van der Waals surface area (Å²) in [5, 5.41) is 8.52. The van der Waals surface area contributed by atoms with Gasteiger partial charge in [0.15, 0.2) is 6.10 Å². The van der Waals surface area contributed by atoms with E-state index in [1.54, 1.807) is 0 Å². The molecule has 1 aliphatic heterocycles. The van der Waals surface area contributed by atoms with E-state index in [0.717, 1.165) is 25.9 Å². The molecule has 0 aromatic heterocycles. The van der Waals surface area contributed by atoms with Crippen LogP contribution >= 0.6 is 0 Å². The molecule has 0 aromatic carbocycles. The van der Waals surface area contributed by atoms with Crippen LogP contribution in [0.2, 0.25) is 0 Å². The Morgan fingerprint density at radius 3 is 3.08 bits per heavy atom. The van der Waals surface area contributed by atoms with Crippen molar-refractivity contribution in [2.75, 3.05) is 13.2 Å². The highest BCUT2D eigenvalue weighted by atomic mass is 16.5. The van der Waals surface area contributed by atoms with Gasteiger partial charge in [0.05, 0.1) is 12.7 Å². The standard InChI is InChI=1S/C9H16O4/c1-7(9(10)11)12-6-4-8-3-2-5-13-8/h7-8H,2-6H2,1H3,(H,10,11)/t7-,8?/m0/s1. The maximum Gasteiger partial charge on any atom is 0.332 e. The van der Waals surface area contributed by atoms with Crippen LogP contribution in [-0.2, 0) is 14.3 Å². The van der Waals surface area contributed by atoms with Gasteiger partial charge in [-0.2, -0.15) is 0 Å². The monoisotopic (exact) mass is 188 g/mol. The summed E-state index contributed by atoms with van der Waals surface area (Å²) in [7, 11) is 0. The normalized spacial score (nSPS) is 24.5. The van der Waals surface area contributed by atoms with E-state index >= 15 is 0 Å². The Bertz CT molecular complexity index is 163.